The van der Waals surface area contributed by atoms with Crippen LogP contribution in [0.5, 0.6) is 0 Å². The highest BCUT2D eigenvalue weighted by Crippen LogP contribution is 2.29. The molecule has 4 nitrogen and oxygen atoms in total. The topological polar surface area (TPSA) is 64.3 Å². The monoisotopic (exact) mass is 250 g/mol. The van der Waals surface area contributed by atoms with E-state index in [1.165, 1.54) is 7.11 Å². The standard InChI is InChI=1S/C14H22N2O2/c1-9(14(2,3)4)16-12-10(13(17)18-5)7-6-8-11(12)15/h6-9,16H,15H2,1-5H3. The molecule has 0 amide bonds. The number of nitrogen functional groups attached to an aromatic ring is 1. The lowest BCUT2D eigenvalue weighted by atomic mass is 9.87. The van der Waals surface area contributed by atoms with E-state index in [4.69, 9.17) is 10.5 Å². The van der Waals surface area contributed by atoms with Crippen molar-refractivity contribution in [3.8, 4) is 0 Å². The molecular formula is C14H22N2O2. The van der Waals surface area contributed by atoms with E-state index in [9.17, 15) is 4.79 Å². The van der Waals surface area contributed by atoms with E-state index in [0.29, 0.717) is 16.9 Å². The molecule has 0 aliphatic carbocycles. The lowest BCUT2D eigenvalue weighted by Gasteiger charge is -2.30. The van der Waals surface area contributed by atoms with Crippen molar-refractivity contribution in [3.63, 3.8) is 0 Å². The van der Waals surface area contributed by atoms with Gasteiger partial charge in [0.15, 0.2) is 0 Å². The van der Waals surface area contributed by atoms with Gasteiger partial charge in [-0.15, -0.1) is 0 Å². The Bertz CT molecular complexity index is 436. The molecule has 0 heterocycles. The van der Waals surface area contributed by atoms with Crippen LogP contribution >= 0.6 is 0 Å². The van der Waals surface area contributed by atoms with Crippen molar-refractivity contribution >= 4 is 17.3 Å². The molecule has 0 fully saturated rings. The first-order chi connectivity index (χ1) is 8.27. The number of nitrogens with two attached hydrogens (primary N) is 1. The Labute approximate surface area is 109 Å². The van der Waals surface area contributed by atoms with E-state index in [1.807, 2.05) is 0 Å². The Morgan fingerprint density at radius 3 is 2.50 bits per heavy atom. The first kappa shape index (κ1) is 14.4. The lowest BCUT2D eigenvalue weighted by Crippen LogP contribution is -2.31. The Kier molecular flexibility index (Phi) is 4.22. The number of benzene rings is 1. The molecule has 0 radical (unpaired) electrons. The van der Waals surface area contributed by atoms with Gasteiger partial charge in [-0.2, -0.15) is 0 Å². The van der Waals surface area contributed by atoms with Gasteiger partial charge >= 0.3 is 5.97 Å². The summed E-state index contributed by atoms with van der Waals surface area (Å²) >= 11 is 0. The first-order valence-electron chi connectivity index (χ1n) is 6.00. The third-order valence-electron chi connectivity index (χ3n) is 3.16. The van der Waals surface area contributed by atoms with Crippen molar-refractivity contribution in [2.75, 3.05) is 18.2 Å². The highest BCUT2D eigenvalue weighted by atomic mass is 16.5. The number of para-hydroxylation sites is 1. The third kappa shape index (κ3) is 3.15. The number of esters is 1. The molecule has 0 aromatic heterocycles. The van der Waals surface area contributed by atoms with Gasteiger partial charge in [-0.3, -0.25) is 0 Å². The third-order valence-corrected chi connectivity index (χ3v) is 3.16. The highest BCUT2D eigenvalue weighted by Gasteiger charge is 2.23. The van der Waals surface area contributed by atoms with Crippen LogP contribution in [0.4, 0.5) is 11.4 Å². The van der Waals surface area contributed by atoms with Crippen LogP contribution in [0.2, 0.25) is 0 Å². The summed E-state index contributed by atoms with van der Waals surface area (Å²) in [6.45, 7) is 8.44. The molecule has 1 aromatic rings. The summed E-state index contributed by atoms with van der Waals surface area (Å²) in [4.78, 5) is 11.7. The summed E-state index contributed by atoms with van der Waals surface area (Å²) < 4.78 is 4.76. The van der Waals surface area contributed by atoms with Crippen LogP contribution in [0.15, 0.2) is 18.2 Å². The molecule has 1 aromatic carbocycles. The number of rotatable bonds is 3. The molecule has 1 atom stereocenters. The van der Waals surface area contributed by atoms with Gasteiger partial charge in [0.25, 0.3) is 0 Å². The van der Waals surface area contributed by atoms with Crippen LogP contribution in [0.1, 0.15) is 38.1 Å². The van der Waals surface area contributed by atoms with Gasteiger partial charge in [0.05, 0.1) is 24.0 Å². The maximum Gasteiger partial charge on any atom is 0.340 e. The summed E-state index contributed by atoms with van der Waals surface area (Å²) in [7, 11) is 1.36. The van der Waals surface area contributed by atoms with Crippen LogP contribution in [0, 0.1) is 5.41 Å². The van der Waals surface area contributed by atoms with Gasteiger partial charge in [-0.25, -0.2) is 4.79 Å². The summed E-state index contributed by atoms with van der Waals surface area (Å²) in [6, 6.07) is 5.39. The number of carbonyl (C=O) groups excluding carboxylic acids is 1. The van der Waals surface area contributed by atoms with E-state index in [-0.39, 0.29) is 17.4 Å². The minimum atomic E-state index is -0.383. The normalized spacial score (nSPS) is 12.9. The Morgan fingerprint density at radius 2 is 2.00 bits per heavy atom. The summed E-state index contributed by atoms with van der Waals surface area (Å²) in [6.07, 6.45) is 0. The molecule has 18 heavy (non-hydrogen) atoms. The van der Waals surface area contributed by atoms with Crippen molar-refractivity contribution in [2.45, 2.75) is 33.7 Å². The Balaban J connectivity index is 3.11. The minimum Gasteiger partial charge on any atom is -0.465 e. The molecule has 0 bridgehead atoms. The second-order valence-electron chi connectivity index (χ2n) is 5.49. The quantitative estimate of drug-likeness (QED) is 0.639. The summed E-state index contributed by atoms with van der Waals surface area (Å²) in [5.41, 5.74) is 7.66. The fourth-order valence-corrected chi connectivity index (χ4v) is 1.44. The molecule has 1 rings (SSSR count). The summed E-state index contributed by atoms with van der Waals surface area (Å²) in [5.74, 6) is -0.383. The van der Waals surface area contributed by atoms with E-state index < -0.39 is 0 Å². The zero-order chi connectivity index (χ0) is 13.9. The number of hydrogen-bond acceptors (Lipinski definition) is 4. The average molecular weight is 250 g/mol. The molecule has 3 N–H and O–H groups in total. The molecule has 0 saturated carbocycles. The Hall–Kier alpha value is -1.71. The predicted octanol–water partition coefficient (Wildman–Crippen LogP) is 2.90. The predicted molar refractivity (Wildman–Crippen MR) is 74.7 cm³/mol. The SMILES string of the molecule is COC(=O)c1cccc(N)c1NC(C)C(C)(C)C. The zero-order valence-electron chi connectivity index (χ0n) is 11.7. The fraction of sp³-hybridized carbons (Fsp3) is 0.500. The second-order valence-corrected chi connectivity index (χ2v) is 5.49. The number of carbonyl (C=O) groups is 1. The van der Waals surface area contributed by atoms with Crippen molar-refractivity contribution in [1.29, 1.82) is 0 Å². The number of nitrogens with one attached hydrogen (secondary N) is 1. The molecule has 0 spiro atoms. The second kappa shape index (κ2) is 5.29. The van der Waals surface area contributed by atoms with Crippen LogP contribution < -0.4 is 11.1 Å². The molecule has 1 unspecified atom stereocenters. The van der Waals surface area contributed by atoms with Gasteiger partial charge in [0.1, 0.15) is 0 Å². The number of hydrogen-bond donors (Lipinski definition) is 2. The van der Waals surface area contributed by atoms with Crippen molar-refractivity contribution in [2.24, 2.45) is 5.41 Å². The van der Waals surface area contributed by atoms with Crippen LogP contribution in [-0.2, 0) is 4.74 Å². The van der Waals surface area contributed by atoms with E-state index in [0.717, 1.165) is 0 Å². The maximum atomic E-state index is 11.7. The molecule has 4 heteroatoms. The van der Waals surface area contributed by atoms with Crippen LogP contribution in [0.25, 0.3) is 0 Å². The van der Waals surface area contributed by atoms with Crippen LogP contribution in [0.3, 0.4) is 0 Å². The minimum absolute atomic E-state index is 0.0651. The van der Waals surface area contributed by atoms with Gasteiger partial charge in [-0.1, -0.05) is 26.8 Å². The molecular weight excluding hydrogens is 228 g/mol. The first-order valence-corrected chi connectivity index (χ1v) is 6.00. The molecule has 100 valence electrons. The molecule has 0 aliphatic rings. The van der Waals surface area contributed by atoms with Crippen molar-refractivity contribution in [3.05, 3.63) is 23.8 Å². The van der Waals surface area contributed by atoms with Gasteiger partial charge < -0.3 is 15.8 Å². The maximum absolute atomic E-state index is 11.7. The lowest BCUT2D eigenvalue weighted by molar-refractivity contribution is 0.0601. The smallest absolute Gasteiger partial charge is 0.340 e. The molecule has 0 saturated heterocycles. The summed E-state index contributed by atoms with van der Waals surface area (Å²) in [5, 5.41) is 3.31. The van der Waals surface area contributed by atoms with E-state index in [1.54, 1.807) is 18.2 Å². The van der Waals surface area contributed by atoms with Crippen molar-refractivity contribution in [1.82, 2.24) is 0 Å². The van der Waals surface area contributed by atoms with Crippen molar-refractivity contribution < 1.29 is 9.53 Å². The zero-order valence-corrected chi connectivity index (χ0v) is 11.7. The number of methoxy groups -OCH3 is 1. The van der Waals surface area contributed by atoms with Gasteiger partial charge in [-0.05, 0) is 24.5 Å². The largest absolute Gasteiger partial charge is 0.465 e. The fourth-order valence-electron chi connectivity index (χ4n) is 1.44. The van der Waals surface area contributed by atoms with Crippen LogP contribution in [-0.4, -0.2) is 19.1 Å². The van der Waals surface area contributed by atoms with Gasteiger partial charge in [0.2, 0.25) is 0 Å². The van der Waals surface area contributed by atoms with E-state index in [2.05, 4.69) is 33.0 Å². The Morgan fingerprint density at radius 1 is 1.39 bits per heavy atom. The number of anilines is 2. The average Bonchev–Trinajstić information content (AvgIpc) is 2.29. The van der Waals surface area contributed by atoms with Gasteiger partial charge in [0, 0.05) is 6.04 Å². The molecule has 0 aliphatic heterocycles. The van der Waals surface area contributed by atoms with E-state index >= 15 is 0 Å². The highest BCUT2D eigenvalue weighted by molar-refractivity contribution is 5.98. The number of ether oxygens (including phenoxy) is 1.